The minimum atomic E-state index is -0.222. The molecule has 0 radical (unpaired) electrons. The van der Waals surface area contributed by atoms with E-state index in [4.69, 9.17) is 0 Å². The summed E-state index contributed by atoms with van der Waals surface area (Å²) in [6, 6.07) is -0.222. The van der Waals surface area contributed by atoms with Crippen LogP contribution in [0.5, 0.6) is 0 Å². The van der Waals surface area contributed by atoms with Gasteiger partial charge in [-0.1, -0.05) is 0 Å². The first kappa shape index (κ1) is 13.2. The lowest BCUT2D eigenvalue weighted by Crippen LogP contribution is -2.58. The van der Waals surface area contributed by atoms with Gasteiger partial charge in [-0.25, -0.2) is 9.97 Å². The minimum absolute atomic E-state index is 0.0766. The zero-order chi connectivity index (χ0) is 13.1. The van der Waals surface area contributed by atoms with Gasteiger partial charge in [0.05, 0.1) is 4.47 Å². The molecule has 6 nitrogen and oxygen atoms in total. The Morgan fingerprint density at radius 1 is 1.61 bits per heavy atom. The number of anilines is 1. The average Bonchev–Trinajstić information content (AvgIpc) is 2.38. The zero-order valence-corrected chi connectivity index (χ0v) is 12.0. The Bertz CT molecular complexity index is 439. The van der Waals surface area contributed by atoms with Crippen LogP contribution in [0.2, 0.25) is 0 Å². The predicted octanol–water partition coefficient (Wildman–Crippen LogP) is 0.105. The third-order valence-corrected chi connectivity index (χ3v) is 3.45. The molecule has 1 amide bonds. The molecule has 0 aromatic carbocycles. The number of halogens is 1. The molecule has 0 bridgehead atoms. The van der Waals surface area contributed by atoms with Crippen LogP contribution < -0.4 is 10.2 Å². The van der Waals surface area contributed by atoms with E-state index in [0.29, 0.717) is 6.54 Å². The van der Waals surface area contributed by atoms with Gasteiger partial charge in [-0.3, -0.25) is 4.79 Å². The number of nitrogens with zero attached hydrogens (tertiary/aromatic N) is 4. The highest BCUT2D eigenvalue weighted by molar-refractivity contribution is 9.10. The standard InChI is InChI=1S/C11H16BrN5O/c1-16(2)11(18)9-6-13-3-4-17(9)10-8(12)5-14-7-15-10/h5,7,9,13H,3-4,6H2,1-2H3. The molecule has 18 heavy (non-hydrogen) atoms. The van der Waals surface area contributed by atoms with Gasteiger partial charge in [0, 0.05) is 39.9 Å². The van der Waals surface area contributed by atoms with Crippen molar-refractivity contribution in [2.75, 3.05) is 38.6 Å². The van der Waals surface area contributed by atoms with E-state index in [1.165, 1.54) is 6.33 Å². The van der Waals surface area contributed by atoms with Gasteiger partial charge >= 0.3 is 0 Å². The van der Waals surface area contributed by atoms with Crippen molar-refractivity contribution in [3.05, 3.63) is 17.0 Å². The number of hydrogen-bond donors (Lipinski definition) is 1. The van der Waals surface area contributed by atoms with E-state index >= 15 is 0 Å². The van der Waals surface area contributed by atoms with Gasteiger partial charge < -0.3 is 15.1 Å². The largest absolute Gasteiger partial charge is 0.347 e. The number of aromatic nitrogens is 2. The molecular weight excluding hydrogens is 298 g/mol. The Morgan fingerprint density at radius 2 is 2.39 bits per heavy atom. The molecular formula is C11H16BrN5O. The molecule has 1 unspecified atom stereocenters. The van der Waals surface area contributed by atoms with E-state index in [1.807, 2.05) is 4.90 Å². The number of hydrogen-bond acceptors (Lipinski definition) is 5. The number of carbonyl (C=O) groups is 1. The van der Waals surface area contributed by atoms with Crippen molar-refractivity contribution in [2.45, 2.75) is 6.04 Å². The third kappa shape index (κ3) is 2.62. The van der Waals surface area contributed by atoms with Crippen LogP contribution >= 0.6 is 15.9 Å². The normalized spacial score (nSPS) is 19.7. The Labute approximate surface area is 115 Å². The molecule has 1 aromatic rings. The molecule has 7 heteroatoms. The maximum absolute atomic E-state index is 12.2. The molecule has 1 aromatic heterocycles. The van der Waals surface area contributed by atoms with Crippen molar-refractivity contribution in [1.29, 1.82) is 0 Å². The lowest BCUT2D eigenvalue weighted by molar-refractivity contribution is -0.130. The number of likely N-dealkylation sites (N-methyl/N-ethyl adjacent to an activating group) is 1. The van der Waals surface area contributed by atoms with E-state index in [1.54, 1.807) is 25.2 Å². The van der Waals surface area contributed by atoms with Gasteiger partial charge in [0.1, 0.15) is 18.2 Å². The number of carbonyl (C=O) groups excluding carboxylic acids is 1. The first-order valence-corrected chi connectivity index (χ1v) is 6.54. The number of amides is 1. The highest BCUT2D eigenvalue weighted by Gasteiger charge is 2.31. The summed E-state index contributed by atoms with van der Waals surface area (Å²) in [7, 11) is 3.54. The molecule has 1 saturated heterocycles. The second-order valence-corrected chi connectivity index (χ2v) is 5.19. The van der Waals surface area contributed by atoms with Crippen molar-refractivity contribution in [3.63, 3.8) is 0 Å². The fourth-order valence-corrected chi connectivity index (χ4v) is 2.44. The van der Waals surface area contributed by atoms with Crippen LogP contribution in [0, 0.1) is 0 Å². The Balaban J connectivity index is 2.29. The average molecular weight is 314 g/mol. The highest BCUT2D eigenvalue weighted by Crippen LogP contribution is 2.24. The topological polar surface area (TPSA) is 61.4 Å². The smallest absolute Gasteiger partial charge is 0.246 e. The highest BCUT2D eigenvalue weighted by atomic mass is 79.9. The first-order valence-electron chi connectivity index (χ1n) is 5.75. The molecule has 2 rings (SSSR count). The second-order valence-electron chi connectivity index (χ2n) is 4.34. The summed E-state index contributed by atoms with van der Waals surface area (Å²) >= 11 is 3.43. The van der Waals surface area contributed by atoms with Gasteiger partial charge in [-0.2, -0.15) is 0 Å². The van der Waals surface area contributed by atoms with Crippen molar-refractivity contribution >= 4 is 27.7 Å². The lowest BCUT2D eigenvalue weighted by atomic mass is 10.1. The van der Waals surface area contributed by atoms with Crippen LogP contribution in [0.4, 0.5) is 5.82 Å². The monoisotopic (exact) mass is 313 g/mol. The summed E-state index contributed by atoms with van der Waals surface area (Å²) in [4.78, 5) is 24.0. The molecule has 2 heterocycles. The Hall–Kier alpha value is -1.21. The first-order chi connectivity index (χ1) is 8.61. The minimum Gasteiger partial charge on any atom is -0.347 e. The summed E-state index contributed by atoms with van der Waals surface area (Å²) in [5, 5.41) is 3.24. The van der Waals surface area contributed by atoms with Crippen LogP contribution in [0.15, 0.2) is 17.0 Å². The third-order valence-electron chi connectivity index (χ3n) is 2.89. The fraction of sp³-hybridized carbons (Fsp3) is 0.545. The second kappa shape index (κ2) is 5.62. The van der Waals surface area contributed by atoms with E-state index in [0.717, 1.165) is 23.4 Å². The number of piperazine rings is 1. The van der Waals surface area contributed by atoms with Crippen LogP contribution in [0.1, 0.15) is 0 Å². The summed E-state index contributed by atoms with van der Waals surface area (Å²) in [6.45, 7) is 2.22. The molecule has 1 aliphatic heterocycles. The Morgan fingerprint density at radius 3 is 3.06 bits per heavy atom. The van der Waals surface area contributed by atoms with Crippen LogP contribution in [0.25, 0.3) is 0 Å². The molecule has 0 saturated carbocycles. The van der Waals surface area contributed by atoms with Crippen LogP contribution in [0.3, 0.4) is 0 Å². The molecule has 1 atom stereocenters. The van der Waals surface area contributed by atoms with Crippen molar-refractivity contribution in [2.24, 2.45) is 0 Å². The molecule has 1 fully saturated rings. The zero-order valence-electron chi connectivity index (χ0n) is 10.4. The van der Waals surface area contributed by atoms with Crippen molar-refractivity contribution in [3.8, 4) is 0 Å². The lowest BCUT2D eigenvalue weighted by Gasteiger charge is -2.37. The van der Waals surface area contributed by atoms with Gasteiger partial charge in [0.2, 0.25) is 5.91 Å². The fourth-order valence-electron chi connectivity index (χ4n) is 1.99. The summed E-state index contributed by atoms with van der Waals surface area (Å²) < 4.78 is 0.809. The van der Waals surface area contributed by atoms with Crippen LogP contribution in [-0.4, -0.2) is 60.5 Å². The maximum atomic E-state index is 12.2. The molecule has 1 N–H and O–H groups in total. The van der Waals surface area contributed by atoms with Crippen molar-refractivity contribution in [1.82, 2.24) is 20.2 Å². The predicted molar refractivity (Wildman–Crippen MR) is 72.4 cm³/mol. The van der Waals surface area contributed by atoms with Gasteiger partial charge in [-0.15, -0.1) is 0 Å². The molecule has 0 spiro atoms. The quantitative estimate of drug-likeness (QED) is 0.839. The summed E-state index contributed by atoms with van der Waals surface area (Å²) in [6.07, 6.45) is 3.20. The van der Waals surface area contributed by atoms with Gasteiger partial charge in [0.25, 0.3) is 0 Å². The summed E-state index contributed by atoms with van der Waals surface area (Å²) in [5.41, 5.74) is 0. The van der Waals surface area contributed by atoms with Gasteiger partial charge in [0.15, 0.2) is 0 Å². The van der Waals surface area contributed by atoms with Crippen molar-refractivity contribution < 1.29 is 4.79 Å². The number of nitrogens with one attached hydrogen (secondary N) is 1. The maximum Gasteiger partial charge on any atom is 0.246 e. The molecule has 98 valence electrons. The van der Waals surface area contributed by atoms with E-state index in [9.17, 15) is 4.79 Å². The van der Waals surface area contributed by atoms with E-state index in [-0.39, 0.29) is 11.9 Å². The Kier molecular flexibility index (Phi) is 4.13. The molecule has 1 aliphatic rings. The molecule has 0 aliphatic carbocycles. The van der Waals surface area contributed by atoms with E-state index < -0.39 is 0 Å². The SMILES string of the molecule is CN(C)C(=O)C1CNCCN1c1ncncc1Br. The van der Waals surface area contributed by atoms with E-state index in [2.05, 4.69) is 31.2 Å². The summed E-state index contributed by atoms with van der Waals surface area (Å²) in [5.74, 6) is 0.847. The van der Waals surface area contributed by atoms with Gasteiger partial charge in [-0.05, 0) is 15.9 Å². The van der Waals surface area contributed by atoms with Crippen LogP contribution in [-0.2, 0) is 4.79 Å². The number of rotatable bonds is 2.